The molecule has 1 unspecified atom stereocenters. The smallest absolute Gasteiger partial charge is 0.302 e. The number of halogens is 2. The van der Waals surface area contributed by atoms with E-state index in [1.165, 1.54) is 0 Å². The largest absolute Gasteiger partial charge is 0.381 e. The fourth-order valence-electron chi connectivity index (χ4n) is 1.19. The van der Waals surface area contributed by atoms with Crippen LogP contribution in [-0.4, -0.2) is 24.9 Å². The van der Waals surface area contributed by atoms with E-state index in [-0.39, 0.29) is 12.3 Å². The minimum atomic E-state index is -3.18. The second-order valence-electron chi connectivity index (χ2n) is 3.25. The third-order valence-corrected chi connectivity index (χ3v) is 1.99. The molecule has 1 rings (SSSR count). The first-order valence-electron chi connectivity index (χ1n) is 3.99. The summed E-state index contributed by atoms with van der Waals surface area (Å²) in [6.45, 7) is 1.68. The zero-order chi connectivity index (χ0) is 9.19. The monoisotopic (exact) mass is 178 g/mol. The molecule has 0 aromatic carbocycles. The van der Waals surface area contributed by atoms with Gasteiger partial charge in [0.25, 0.3) is 0 Å². The summed E-state index contributed by atoms with van der Waals surface area (Å²) in [5.41, 5.74) is 0. The summed E-state index contributed by atoms with van der Waals surface area (Å²) in [4.78, 5) is 10.8. The third kappa shape index (κ3) is 2.52. The van der Waals surface area contributed by atoms with Crippen LogP contribution in [0.5, 0.6) is 0 Å². The molecule has 0 aromatic heterocycles. The normalized spacial score (nSPS) is 24.4. The average molecular weight is 178 g/mol. The van der Waals surface area contributed by atoms with Gasteiger partial charge in [-0.05, 0) is 12.3 Å². The van der Waals surface area contributed by atoms with Crippen molar-refractivity contribution in [1.29, 1.82) is 0 Å². The Bertz CT molecular complexity index is 168. The van der Waals surface area contributed by atoms with Crippen LogP contribution < -0.4 is 0 Å². The quantitative estimate of drug-likeness (QED) is 0.656. The van der Waals surface area contributed by atoms with Gasteiger partial charge in [-0.2, -0.15) is 8.78 Å². The van der Waals surface area contributed by atoms with Crippen molar-refractivity contribution < 1.29 is 18.3 Å². The second-order valence-corrected chi connectivity index (χ2v) is 3.25. The Morgan fingerprint density at radius 2 is 2.33 bits per heavy atom. The van der Waals surface area contributed by atoms with Gasteiger partial charge in [0.15, 0.2) is 0 Å². The van der Waals surface area contributed by atoms with E-state index in [1.54, 1.807) is 0 Å². The standard InChI is InChI=1S/C8H12F2O2/c1-8(9,10)7(11)4-6-2-3-12-5-6/h6H,2-5H2,1H3. The van der Waals surface area contributed by atoms with E-state index in [2.05, 4.69) is 0 Å². The molecule has 12 heavy (non-hydrogen) atoms. The molecular formula is C8H12F2O2. The number of ketones is 1. The van der Waals surface area contributed by atoms with Gasteiger partial charge in [0.1, 0.15) is 0 Å². The van der Waals surface area contributed by atoms with Crippen molar-refractivity contribution in [2.24, 2.45) is 5.92 Å². The Kier molecular flexibility index (Phi) is 2.77. The highest BCUT2D eigenvalue weighted by Gasteiger charge is 2.34. The molecule has 1 atom stereocenters. The van der Waals surface area contributed by atoms with E-state index in [4.69, 9.17) is 4.74 Å². The highest BCUT2D eigenvalue weighted by Crippen LogP contribution is 2.22. The van der Waals surface area contributed by atoms with Crippen LogP contribution in [0.2, 0.25) is 0 Å². The van der Waals surface area contributed by atoms with Crippen molar-refractivity contribution in [3.8, 4) is 0 Å². The summed E-state index contributed by atoms with van der Waals surface area (Å²) in [6, 6.07) is 0. The van der Waals surface area contributed by atoms with E-state index >= 15 is 0 Å². The molecule has 2 nitrogen and oxygen atoms in total. The zero-order valence-electron chi connectivity index (χ0n) is 6.98. The van der Waals surface area contributed by atoms with Crippen molar-refractivity contribution in [2.75, 3.05) is 13.2 Å². The Morgan fingerprint density at radius 1 is 1.67 bits per heavy atom. The van der Waals surface area contributed by atoms with Crippen LogP contribution in [0.3, 0.4) is 0 Å². The predicted octanol–water partition coefficient (Wildman–Crippen LogP) is 1.64. The van der Waals surface area contributed by atoms with Crippen molar-refractivity contribution in [3.05, 3.63) is 0 Å². The molecule has 1 aliphatic rings. The molecule has 4 heteroatoms. The minimum Gasteiger partial charge on any atom is -0.381 e. The number of hydrogen-bond donors (Lipinski definition) is 0. The Balaban J connectivity index is 2.35. The van der Waals surface area contributed by atoms with Gasteiger partial charge < -0.3 is 4.74 Å². The molecule has 0 amide bonds. The van der Waals surface area contributed by atoms with Crippen LogP contribution >= 0.6 is 0 Å². The van der Waals surface area contributed by atoms with Gasteiger partial charge in [-0.3, -0.25) is 4.79 Å². The maximum atomic E-state index is 12.4. The number of carbonyl (C=O) groups excluding carboxylic acids is 1. The summed E-state index contributed by atoms with van der Waals surface area (Å²) in [5.74, 6) is -4.15. The minimum absolute atomic E-state index is 0.00308. The Morgan fingerprint density at radius 3 is 2.75 bits per heavy atom. The molecule has 1 heterocycles. The molecule has 0 radical (unpaired) electrons. The van der Waals surface area contributed by atoms with Crippen LogP contribution in [0.1, 0.15) is 19.8 Å². The van der Waals surface area contributed by atoms with E-state index in [0.29, 0.717) is 20.1 Å². The topological polar surface area (TPSA) is 26.3 Å². The van der Waals surface area contributed by atoms with Crippen LogP contribution in [0.4, 0.5) is 8.78 Å². The molecular weight excluding hydrogens is 166 g/mol. The predicted molar refractivity (Wildman–Crippen MR) is 39.2 cm³/mol. The molecule has 0 N–H and O–H groups in total. The van der Waals surface area contributed by atoms with Gasteiger partial charge in [-0.1, -0.05) is 0 Å². The van der Waals surface area contributed by atoms with E-state index in [0.717, 1.165) is 6.42 Å². The van der Waals surface area contributed by atoms with Gasteiger partial charge in [0, 0.05) is 26.6 Å². The van der Waals surface area contributed by atoms with Gasteiger partial charge in [0.05, 0.1) is 0 Å². The first-order valence-corrected chi connectivity index (χ1v) is 3.99. The highest BCUT2D eigenvalue weighted by atomic mass is 19.3. The van der Waals surface area contributed by atoms with Crippen LogP contribution in [-0.2, 0) is 9.53 Å². The number of Topliss-reactive ketones (excluding diaryl/α,β-unsaturated/α-hetero) is 1. The van der Waals surface area contributed by atoms with Crippen LogP contribution in [0.15, 0.2) is 0 Å². The molecule has 0 aliphatic carbocycles. The van der Waals surface area contributed by atoms with Gasteiger partial charge in [-0.15, -0.1) is 0 Å². The molecule has 0 saturated carbocycles. The van der Waals surface area contributed by atoms with Crippen LogP contribution in [0, 0.1) is 5.92 Å². The summed E-state index contributed by atoms with van der Waals surface area (Å²) in [5, 5.41) is 0. The Hall–Kier alpha value is -0.510. The van der Waals surface area contributed by atoms with Crippen molar-refractivity contribution >= 4 is 5.78 Å². The fourth-order valence-corrected chi connectivity index (χ4v) is 1.19. The molecule has 0 aromatic rings. The lowest BCUT2D eigenvalue weighted by Gasteiger charge is -2.11. The summed E-state index contributed by atoms with van der Waals surface area (Å²) in [6.07, 6.45) is 0.672. The number of rotatable bonds is 3. The summed E-state index contributed by atoms with van der Waals surface area (Å²) >= 11 is 0. The third-order valence-electron chi connectivity index (χ3n) is 1.99. The lowest BCUT2D eigenvalue weighted by Crippen LogP contribution is -2.26. The molecule has 70 valence electrons. The summed E-state index contributed by atoms with van der Waals surface area (Å²) in [7, 11) is 0. The van der Waals surface area contributed by atoms with Crippen LogP contribution in [0.25, 0.3) is 0 Å². The number of hydrogen-bond acceptors (Lipinski definition) is 2. The number of alkyl halides is 2. The van der Waals surface area contributed by atoms with Gasteiger partial charge in [-0.25, -0.2) is 0 Å². The molecule has 0 bridgehead atoms. The number of ether oxygens (including phenoxy) is 1. The van der Waals surface area contributed by atoms with Gasteiger partial charge in [0.2, 0.25) is 5.78 Å². The molecule has 1 aliphatic heterocycles. The second kappa shape index (κ2) is 3.47. The fraction of sp³-hybridized carbons (Fsp3) is 0.875. The maximum Gasteiger partial charge on any atom is 0.302 e. The lowest BCUT2D eigenvalue weighted by molar-refractivity contribution is -0.141. The van der Waals surface area contributed by atoms with E-state index < -0.39 is 11.7 Å². The molecule has 0 spiro atoms. The van der Waals surface area contributed by atoms with Crippen molar-refractivity contribution in [3.63, 3.8) is 0 Å². The summed E-state index contributed by atoms with van der Waals surface area (Å²) < 4.78 is 29.7. The number of carbonyl (C=O) groups is 1. The average Bonchev–Trinajstić information content (AvgIpc) is 2.37. The highest BCUT2D eigenvalue weighted by molar-refractivity contribution is 5.85. The first kappa shape index (κ1) is 9.58. The van der Waals surface area contributed by atoms with Crippen molar-refractivity contribution in [1.82, 2.24) is 0 Å². The van der Waals surface area contributed by atoms with E-state index in [9.17, 15) is 13.6 Å². The maximum absolute atomic E-state index is 12.4. The van der Waals surface area contributed by atoms with E-state index in [1.807, 2.05) is 0 Å². The molecule has 1 fully saturated rings. The Labute approximate surface area is 69.9 Å². The zero-order valence-corrected chi connectivity index (χ0v) is 6.98. The lowest BCUT2D eigenvalue weighted by atomic mass is 9.99. The van der Waals surface area contributed by atoms with Crippen molar-refractivity contribution in [2.45, 2.75) is 25.7 Å². The van der Waals surface area contributed by atoms with Gasteiger partial charge >= 0.3 is 5.92 Å². The first-order chi connectivity index (χ1) is 5.50. The molecule has 1 saturated heterocycles. The SMILES string of the molecule is CC(F)(F)C(=O)CC1CCOC1.